The lowest BCUT2D eigenvalue weighted by atomic mass is 10.5. The van der Waals surface area contributed by atoms with Gasteiger partial charge in [-0.05, 0) is 18.6 Å². The van der Waals surface area contributed by atoms with E-state index in [0.29, 0.717) is 0 Å². The predicted octanol–water partition coefficient (Wildman–Crippen LogP) is 1.80. The van der Waals surface area contributed by atoms with Gasteiger partial charge in [0, 0.05) is 0 Å². The lowest BCUT2D eigenvalue weighted by Gasteiger charge is -1.98. The van der Waals surface area contributed by atoms with E-state index in [1.54, 1.807) is 11.8 Å². The Balaban J connectivity index is 2.33. The summed E-state index contributed by atoms with van der Waals surface area (Å²) < 4.78 is 0.0642. The van der Waals surface area contributed by atoms with Gasteiger partial charge in [-0.2, -0.15) is 5.26 Å². The molecule has 0 N–H and O–H groups in total. The molecule has 1 nitrogen and oxygen atoms in total. The lowest BCUT2D eigenvalue weighted by molar-refractivity contribution is 1.19. The molecule has 0 amide bonds. The Morgan fingerprint density at radius 1 is 1.75 bits per heavy atom. The summed E-state index contributed by atoms with van der Waals surface area (Å²) >= 11 is 1.78. The normalized spacial score (nSPS) is 22.0. The standard InChI is InChI=1S/C6H9NS/c1-2-8-6(5-7)3-4-6/h2-4H2,1H3. The van der Waals surface area contributed by atoms with Crippen LogP contribution in [0, 0.1) is 11.3 Å². The van der Waals surface area contributed by atoms with E-state index in [4.69, 9.17) is 5.26 Å². The van der Waals surface area contributed by atoms with Crippen molar-refractivity contribution >= 4 is 11.8 Å². The first-order valence-corrected chi connectivity index (χ1v) is 3.87. The van der Waals surface area contributed by atoms with Gasteiger partial charge in [0.25, 0.3) is 0 Å². The average molecular weight is 127 g/mol. The second-order valence-electron chi connectivity index (χ2n) is 2.04. The highest BCUT2D eigenvalue weighted by atomic mass is 32.2. The molecule has 1 aliphatic rings. The molecule has 0 radical (unpaired) electrons. The first-order valence-electron chi connectivity index (χ1n) is 2.88. The molecule has 0 aliphatic heterocycles. The molecule has 1 fully saturated rings. The number of nitrogens with zero attached hydrogens (tertiary/aromatic N) is 1. The highest BCUT2D eigenvalue weighted by Crippen LogP contribution is 2.47. The third-order valence-electron chi connectivity index (χ3n) is 1.33. The molecule has 0 unspecified atom stereocenters. The minimum absolute atomic E-state index is 0.0642. The molecule has 1 aliphatic carbocycles. The molecule has 0 aromatic heterocycles. The zero-order valence-electron chi connectivity index (χ0n) is 4.98. The zero-order valence-corrected chi connectivity index (χ0v) is 5.79. The maximum Gasteiger partial charge on any atom is 0.102 e. The molecule has 44 valence electrons. The van der Waals surface area contributed by atoms with E-state index < -0.39 is 0 Å². The summed E-state index contributed by atoms with van der Waals surface area (Å²) in [5, 5.41) is 8.52. The molecule has 0 atom stereocenters. The molecule has 8 heavy (non-hydrogen) atoms. The van der Waals surface area contributed by atoms with Gasteiger partial charge in [0.2, 0.25) is 0 Å². The van der Waals surface area contributed by atoms with Crippen molar-refractivity contribution in [3.63, 3.8) is 0 Å². The summed E-state index contributed by atoms with van der Waals surface area (Å²) in [5.74, 6) is 1.08. The lowest BCUT2D eigenvalue weighted by Crippen LogP contribution is -1.96. The third-order valence-corrected chi connectivity index (χ3v) is 2.67. The van der Waals surface area contributed by atoms with Crippen molar-refractivity contribution < 1.29 is 0 Å². The number of thioether (sulfide) groups is 1. The predicted molar refractivity (Wildman–Crippen MR) is 35.7 cm³/mol. The summed E-state index contributed by atoms with van der Waals surface area (Å²) in [5.41, 5.74) is 0. The molecule has 2 heteroatoms. The van der Waals surface area contributed by atoms with Crippen molar-refractivity contribution in [3.8, 4) is 6.07 Å². The number of hydrogen-bond acceptors (Lipinski definition) is 2. The maximum atomic E-state index is 8.52. The van der Waals surface area contributed by atoms with Crippen molar-refractivity contribution in [1.29, 1.82) is 5.26 Å². The first kappa shape index (κ1) is 5.97. The zero-order chi connectivity index (χ0) is 6.04. The Morgan fingerprint density at radius 2 is 2.38 bits per heavy atom. The molecule has 1 rings (SSSR count). The van der Waals surface area contributed by atoms with E-state index >= 15 is 0 Å². The van der Waals surface area contributed by atoms with Gasteiger partial charge in [0.05, 0.1) is 6.07 Å². The molecule has 0 saturated heterocycles. The van der Waals surface area contributed by atoms with Crippen LogP contribution in [-0.4, -0.2) is 10.5 Å². The molecule has 0 spiro atoms. The van der Waals surface area contributed by atoms with Crippen LogP contribution in [0.3, 0.4) is 0 Å². The van der Waals surface area contributed by atoms with Crippen molar-refractivity contribution in [2.45, 2.75) is 24.5 Å². The molecule has 1 saturated carbocycles. The van der Waals surface area contributed by atoms with Crippen LogP contribution in [0.25, 0.3) is 0 Å². The Labute approximate surface area is 54.1 Å². The summed E-state index contributed by atoms with van der Waals surface area (Å²) in [6.45, 7) is 2.10. The fourth-order valence-corrected chi connectivity index (χ4v) is 1.69. The van der Waals surface area contributed by atoms with Gasteiger partial charge in [-0.3, -0.25) is 0 Å². The summed E-state index contributed by atoms with van der Waals surface area (Å²) in [6, 6.07) is 2.32. The van der Waals surface area contributed by atoms with Gasteiger partial charge < -0.3 is 0 Å². The minimum Gasteiger partial charge on any atom is -0.197 e. The number of nitriles is 1. The third kappa shape index (κ3) is 0.976. The van der Waals surface area contributed by atoms with Crippen molar-refractivity contribution in [2.75, 3.05) is 5.75 Å². The number of hydrogen-bond donors (Lipinski definition) is 0. The van der Waals surface area contributed by atoms with Gasteiger partial charge in [-0.15, -0.1) is 11.8 Å². The van der Waals surface area contributed by atoms with E-state index in [2.05, 4.69) is 13.0 Å². The van der Waals surface area contributed by atoms with Gasteiger partial charge in [0.15, 0.2) is 0 Å². The van der Waals surface area contributed by atoms with E-state index in [9.17, 15) is 0 Å². The highest BCUT2D eigenvalue weighted by Gasteiger charge is 2.42. The summed E-state index contributed by atoms with van der Waals surface area (Å²) in [7, 11) is 0. The molecular weight excluding hydrogens is 118 g/mol. The Morgan fingerprint density at radius 3 is 2.50 bits per heavy atom. The van der Waals surface area contributed by atoms with Crippen LogP contribution < -0.4 is 0 Å². The Hall–Kier alpha value is -0.160. The van der Waals surface area contributed by atoms with Crippen molar-refractivity contribution in [3.05, 3.63) is 0 Å². The quantitative estimate of drug-likeness (QED) is 0.564. The first-order chi connectivity index (χ1) is 3.83. The fourth-order valence-electron chi connectivity index (χ4n) is 0.678. The molecular formula is C6H9NS. The number of rotatable bonds is 2. The second kappa shape index (κ2) is 1.99. The van der Waals surface area contributed by atoms with Gasteiger partial charge in [-0.25, -0.2) is 0 Å². The Kier molecular flexibility index (Phi) is 1.48. The molecule has 0 aromatic rings. The molecule has 0 bridgehead atoms. The van der Waals surface area contributed by atoms with Gasteiger partial charge >= 0.3 is 0 Å². The Bertz CT molecular complexity index is 121. The van der Waals surface area contributed by atoms with Crippen molar-refractivity contribution in [2.24, 2.45) is 0 Å². The van der Waals surface area contributed by atoms with Crippen LogP contribution in [0.5, 0.6) is 0 Å². The summed E-state index contributed by atoms with van der Waals surface area (Å²) in [4.78, 5) is 0. The summed E-state index contributed by atoms with van der Waals surface area (Å²) in [6.07, 6.45) is 2.23. The van der Waals surface area contributed by atoms with Crippen LogP contribution in [0.4, 0.5) is 0 Å². The van der Waals surface area contributed by atoms with E-state index in [-0.39, 0.29) is 4.75 Å². The minimum atomic E-state index is 0.0642. The van der Waals surface area contributed by atoms with Crippen LogP contribution in [0.1, 0.15) is 19.8 Å². The monoisotopic (exact) mass is 127 g/mol. The van der Waals surface area contributed by atoms with Crippen LogP contribution in [0.15, 0.2) is 0 Å². The van der Waals surface area contributed by atoms with Gasteiger partial charge in [-0.1, -0.05) is 6.92 Å². The van der Waals surface area contributed by atoms with Crippen LogP contribution in [-0.2, 0) is 0 Å². The van der Waals surface area contributed by atoms with Gasteiger partial charge in [0.1, 0.15) is 4.75 Å². The van der Waals surface area contributed by atoms with Crippen LogP contribution >= 0.6 is 11.8 Å². The highest BCUT2D eigenvalue weighted by molar-refractivity contribution is 8.01. The average Bonchev–Trinajstić information content (AvgIpc) is 2.50. The molecule has 0 heterocycles. The van der Waals surface area contributed by atoms with Crippen molar-refractivity contribution in [1.82, 2.24) is 0 Å². The fraction of sp³-hybridized carbons (Fsp3) is 0.833. The second-order valence-corrected chi connectivity index (χ2v) is 3.69. The van der Waals surface area contributed by atoms with Crippen LogP contribution in [0.2, 0.25) is 0 Å². The van der Waals surface area contributed by atoms with E-state index in [1.807, 2.05) is 0 Å². The SMILES string of the molecule is CCSC1(C#N)CC1. The molecule has 0 aromatic carbocycles. The largest absolute Gasteiger partial charge is 0.197 e. The smallest absolute Gasteiger partial charge is 0.102 e. The van der Waals surface area contributed by atoms with E-state index in [1.165, 1.54) is 0 Å². The maximum absolute atomic E-state index is 8.52. The topological polar surface area (TPSA) is 23.8 Å². The van der Waals surface area contributed by atoms with E-state index in [0.717, 1.165) is 18.6 Å².